The van der Waals surface area contributed by atoms with Gasteiger partial charge in [-0.1, -0.05) is 25.6 Å². The highest BCUT2D eigenvalue weighted by Crippen LogP contribution is 2.27. The van der Waals surface area contributed by atoms with Gasteiger partial charge in [0.2, 0.25) is 5.91 Å². The van der Waals surface area contributed by atoms with Crippen LogP contribution in [0.2, 0.25) is 0 Å². The number of carbonyl (C=O) groups excluding carboxylic acids is 1. The highest BCUT2D eigenvalue weighted by molar-refractivity contribution is 8.01. The number of piperidine rings is 1. The van der Waals surface area contributed by atoms with Crippen molar-refractivity contribution in [2.45, 2.75) is 43.5 Å². The van der Waals surface area contributed by atoms with Crippen LogP contribution in [0.15, 0.2) is 9.72 Å². The van der Waals surface area contributed by atoms with Crippen LogP contribution in [0.25, 0.3) is 0 Å². The van der Waals surface area contributed by atoms with Gasteiger partial charge in [-0.25, -0.2) is 9.78 Å². The average molecular weight is 398 g/mol. The van der Waals surface area contributed by atoms with Gasteiger partial charge in [0.1, 0.15) is 0 Å². The second-order valence-corrected chi connectivity index (χ2v) is 9.80. The molecule has 8 heteroatoms. The fourth-order valence-corrected chi connectivity index (χ4v) is 5.99. The SMILES string of the molecule is CC1CC(C)CN(C[C@H]2CCC(=O)N2CCSc2nc(C(=O)O)cs2)C1. The molecule has 3 rings (SSSR count). The molecule has 3 heterocycles. The van der Waals surface area contributed by atoms with Crippen molar-refractivity contribution in [1.29, 1.82) is 0 Å². The van der Waals surface area contributed by atoms with Gasteiger partial charge in [-0.05, 0) is 24.7 Å². The van der Waals surface area contributed by atoms with Crippen molar-refractivity contribution >= 4 is 35.0 Å². The van der Waals surface area contributed by atoms with Gasteiger partial charge < -0.3 is 14.9 Å². The number of hydrogen-bond acceptors (Lipinski definition) is 6. The predicted octanol–water partition coefficient (Wildman–Crippen LogP) is 2.90. The lowest BCUT2D eigenvalue weighted by molar-refractivity contribution is -0.129. The van der Waals surface area contributed by atoms with Crippen molar-refractivity contribution < 1.29 is 14.7 Å². The number of carboxylic acid groups (broad SMARTS) is 1. The highest BCUT2D eigenvalue weighted by atomic mass is 32.2. The number of thiazole rings is 1. The van der Waals surface area contributed by atoms with Gasteiger partial charge in [0.25, 0.3) is 0 Å². The van der Waals surface area contributed by atoms with Crippen LogP contribution in [0.5, 0.6) is 0 Å². The van der Waals surface area contributed by atoms with Gasteiger partial charge in [0.05, 0.1) is 0 Å². The van der Waals surface area contributed by atoms with Crippen LogP contribution in [-0.2, 0) is 4.79 Å². The molecule has 0 radical (unpaired) electrons. The molecule has 2 unspecified atom stereocenters. The highest BCUT2D eigenvalue weighted by Gasteiger charge is 2.33. The standard InChI is InChI=1S/C18H27N3O3S2/c1-12-7-13(2)9-20(8-12)10-14-3-4-16(22)21(14)5-6-25-18-19-15(11-26-18)17(23)24/h11-14H,3-10H2,1-2H3,(H,23,24)/t12?,13?,14-/m1/s1. The van der Waals surface area contributed by atoms with Gasteiger partial charge in [-0.3, -0.25) is 4.79 Å². The molecule has 1 aromatic heterocycles. The molecule has 2 aliphatic heterocycles. The number of aromatic carboxylic acids is 1. The number of carbonyl (C=O) groups is 2. The molecule has 144 valence electrons. The Morgan fingerprint density at radius 2 is 2.12 bits per heavy atom. The van der Waals surface area contributed by atoms with Crippen molar-refractivity contribution in [3.8, 4) is 0 Å². The van der Waals surface area contributed by atoms with Crippen molar-refractivity contribution in [2.75, 3.05) is 31.9 Å². The van der Waals surface area contributed by atoms with E-state index in [0.29, 0.717) is 19.0 Å². The first kappa shape index (κ1) is 19.6. The molecular weight excluding hydrogens is 370 g/mol. The minimum Gasteiger partial charge on any atom is -0.476 e. The van der Waals surface area contributed by atoms with Crippen LogP contribution in [0.3, 0.4) is 0 Å². The molecule has 26 heavy (non-hydrogen) atoms. The van der Waals surface area contributed by atoms with Gasteiger partial charge in [-0.2, -0.15) is 0 Å². The molecule has 0 saturated carbocycles. The summed E-state index contributed by atoms with van der Waals surface area (Å²) in [7, 11) is 0. The van der Waals surface area contributed by atoms with E-state index in [4.69, 9.17) is 5.11 Å². The number of nitrogens with zero attached hydrogens (tertiary/aromatic N) is 3. The van der Waals surface area contributed by atoms with E-state index in [1.165, 1.54) is 29.5 Å². The molecule has 2 saturated heterocycles. The number of likely N-dealkylation sites (tertiary alicyclic amines) is 2. The molecule has 3 atom stereocenters. The zero-order chi connectivity index (χ0) is 18.7. The van der Waals surface area contributed by atoms with E-state index in [1.807, 2.05) is 4.90 Å². The van der Waals surface area contributed by atoms with Crippen molar-refractivity contribution in [3.63, 3.8) is 0 Å². The Morgan fingerprint density at radius 3 is 2.77 bits per heavy atom. The van der Waals surface area contributed by atoms with E-state index in [0.717, 1.165) is 48.0 Å². The molecule has 1 aromatic rings. The molecule has 2 aliphatic rings. The van der Waals surface area contributed by atoms with E-state index >= 15 is 0 Å². The molecule has 2 fully saturated rings. The van der Waals surface area contributed by atoms with Crippen LogP contribution in [0.4, 0.5) is 0 Å². The Balaban J connectivity index is 1.50. The van der Waals surface area contributed by atoms with Crippen LogP contribution in [0, 0.1) is 11.8 Å². The van der Waals surface area contributed by atoms with E-state index in [-0.39, 0.29) is 11.6 Å². The Morgan fingerprint density at radius 1 is 1.38 bits per heavy atom. The molecule has 6 nitrogen and oxygen atoms in total. The molecule has 0 aromatic carbocycles. The number of amides is 1. The fourth-order valence-electron chi connectivity index (χ4n) is 4.18. The topological polar surface area (TPSA) is 73.7 Å². The first-order valence-corrected chi connectivity index (χ1v) is 11.1. The molecule has 1 N–H and O–H groups in total. The summed E-state index contributed by atoms with van der Waals surface area (Å²) in [5.41, 5.74) is 0.0981. The molecule has 0 aliphatic carbocycles. The Kier molecular flexibility index (Phi) is 6.58. The monoisotopic (exact) mass is 397 g/mol. The smallest absolute Gasteiger partial charge is 0.355 e. The summed E-state index contributed by atoms with van der Waals surface area (Å²) in [6.45, 7) is 8.58. The zero-order valence-corrected chi connectivity index (χ0v) is 17.0. The Labute approximate surface area is 163 Å². The quantitative estimate of drug-likeness (QED) is 0.713. The second kappa shape index (κ2) is 8.71. The van der Waals surface area contributed by atoms with Crippen molar-refractivity contribution in [2.24, 2.45) is 11.8 Å². The Bertz CT molecular complexity index is 641. The van der Waals surface area contributed by atoms with Gasteiger partial charge >= 0.3 is 5.97 Å². The van der Waals surface area contributed by atoms with Crippen molar-refractivity contribution in [3.05, 3.63) is 11.1 Å². The largest absolute Gasteiger partial charge is 0.476 e. The molecule has 0 bridgehead atoms. The minimum atomic E-state index is -0.993. The van der Waals surface area contributed by atoms with Crippen LogP contribution >= 0.6 is 23.1 Å². The van der Waals surface area contributed by atoms with Crippen LogP contribution < -0.4 is 0 Å². The molecular formula is C18H27N3O3S2. The minimum absolute atomic E-state index is 0.0981. The summed E-state index contributed by atoms with van der Waals surface area (Å²) < 4.78 is 0.754. The summed E-state index contributed by atoms with van der Waals surface area (Å²) in [5, 5.41) is 10.5. The summed E-state index contributed by atoms with van der Waals surface area (Å²) in [4.78, 5) is 31.8. The lowest BCUT2D eigenvalue weighted by Gasteiger charge is -2.38. The summed E-state index contributed by atoms with van der Waals surface area (Å²) in [6, 6.07) is 0.312. The fraction of sp³-hybridized carbons (Fsp3) is 0.722. The summed E-state index contributed by atoms with van der Waals surface area (Å²) >= 11 is 2.88. The van der Waals surface area contributed by atoms with Crippen LogP contribution in [-0.4, -0.2) is 69.7 Å². The first-order valence-electron chi connectivity index (χ1n) is 9.25. The van der Waals surface area contributed by atoms with Crippen molar-refractivity contribution in [1.82, 2.24) is 14.8 Å². The number of thioether (sulfide) groups is 1. The lowest BCUT2D eigenvalue weighted by atomic mass is 9.91. The predicted molar refractivity (Wildman–Crippen MR) is 104 cm³/mol. The molecule has 1 amide bonds. The third kappa shape index (κ3) is 4.98. The third-order valence-electron chi connectivity index (χ3n) is 5.13. The second-order valence-electron chi connectivity index (χ2n) is 7.60. The number of carboxylic acids is 1. The van der Waals surface area contributed by atoms with Gasteiger partial charge in [0, 0.05) is 49.8 Å². The number of aromatic nitrogens is 1. The van der Waals surface area contributed by atoms with Gasteiger partial charge in [-0.15, -0.1) is 11.3 Å². The van der Waals surface area contributed by atoms with E-state index in [1.54, 1.807) is 5.38 Å². The number of rotatable bonds is 7. The lowest BCUT2D eigenvalue weighted by Crippen LogP contribution is -2.47. The first-order chi connectivity index (χ1) is 12.4. The maximum atomic E-state index is 12.3. The Hall–Kier alpha value is -1.12. The maximum Gasteiger partial charge on any atom is 0.355 e. The maximum absolute atomic E-state index is 12.3. The van der Waals surface area contributed by atoms with E-state index in [9.17, 15) is 9.59 Å². The van der Waals surface area contributed by atoms with Crippen LogP contribution in [0.1, 0.15) is 43.6 Å². The van der Waals surface area contributed by atoms with Gasteiger partial charge in [0.15, 0.2) is 10.0 Å². The number of hydrogen-bond donors (Lipinski definition) is 1. The third-order valence-corrected chi connectivity index (χ3v) is 7.13. The summed E-state index contributed by atoms with van der Waals surface area (Å²) in [5.74, 6) is 1.47. The zero-order valence-electron chi connectivity index (χ0n) is 15.4. The normalized spacial score (nSPS) is 27.2. The molecule has 0 spiro atoms. The average Bonchev–Trinajstić information content (AvgIpc) is 3.16. The summed E-state index contributed by atoms with van der Waals surface area (Å²) in [6.07, 6.45) is 2.89. The van der Waals surface area contributed by atoms with E-state index in [2.05, 4.69) is 23.7 Å². The van der Waals surface area contributed by atoms with E-state index < -0.39 is 5.97 Å².